The molecule has 1 saturated heterocycles. The standard InChI is InChI=1S/C14H21ClN2O3S/c1-11-5-4-8-17(10-11)21(19,20)16-9-14(18)12-6-2-3-7-13(12)15/h2-3,6-7,11,14,16,18H,4-5,8-10H2,1H3/t11-,14-/m0/s1. The summed E-state index contributed by atoms with van der Waals surface area (Å²) in [6.45, 7) is 3.01. The van der Waals surface area contributed by atoms with Gasteiger partial charge in [-0.3, -0.25) is 0 Å². The van der Waals surface area contributed by atoms with Crippen LogP contribution in [0.5, 0.6) is 0 Å². The molecule has 21 heavy (non-hydrogen) atoms. The Morgan fingerprint density at radius 2 is 2.19 bits per heavy atom. The zero-order valence-corrected chi connectivity index (χ0v) is 13.6. The number of nitrogens with zero attached hydrogens (tertiary/aromatic N) is 1. The van der Waals surface area contributed by atoms with Crippen LogP contribution in [0.1, 0.15) is 31.4 Å². The number of aliphatic hydroxyl groups excluding tert-OH is 1. The second kappa shape index (κ2) is 7.07. The zero-order chi connectivity index (χ0) is 15.5. The van der Waals surface area contributed by atoms with Crippen molar-refractivity contribution in [2.24, 2.45) is 5.92 Å². The maximum absolute atomic E-state index is 12.2. The predicted molar refractivity (Wildman–Crippen MR) is 83.3 cm³/mol. The molecule has 0 bridgehead atoms. The first-order valence-corrected chi connectivity index (χ1v) is 8.89. The van der Waals surface area contributed by atoms with Gasteiger partial charge in [0.2, 0.25) is 0 Å². The van der Waals surface area contributed by atoms with Gasteiger partial charge in [0.1, 0.15) is 0 Å². The summed E-state index contributed by atoms with van der Waals surface area (Å²) >= 11 is 5.99. The van der Waals surface area contributed by atoms with Crippen LogP contribution in [-0.2, 0) is 10.2 Å². The van der Waals surface area contributed by atoms with E-state index in [4.69, 9.17) is 11.6 Å². The van der Waals surface area contributed by atoms with Crippen LogP contribution in [0.4, 0.5) is 0 Å². The Bertz CT molecular complexity index is 579. The van der Waals surface area contributed by atoms with E-state index in [0.717, 1.165) is 12.8 Å². The summed E-state index contributed by atoms with van der Waals surface area (Å²) in [5.41, 5.74) is 0.522. The highest BCUT2D eigenvalue weighted by Crippen LogP contribution is 2.22. The van der Waals surface area contributed by atoms with Crippen molar-refractivity contribution < 1.29 is 13.5 Å². The highest BCUT2D eigenvalue weighted by atomic mass is 35.5. The van der Waals surface area contributed by atoms with Crippen LogP contribution in [0, 0.1) is 5.92 Å². The Labute approximate surface area is 131 Å². The highest BCUT2D eigenvalue weighted by Gasteiger charge is 2.27. The van der Waals surface area contributed by atoms with Gasteiger partial charge in [0.25, 0.3) is 10.2 Å². The summed E-state index contributed by atoms with van der Waals surface area (Å²) in [6, 6.07) is 6.87. The lowest BCUT2D eigenvalue weighted by Crippen LogP contribution is -2.46. The van der Waals surface area contributed by atoms with Gasteiger partial charge in [-0.05, 0) is 24.8 Å². The van der Waals surface area contributed by atoms with E-state index in [0.29, 0.717) is 29.6 Å². The normalized spacial score (nSPS) is 22.1. The van der Waals surface area contributed by atoms with Crippen molar-refractivity contribution in [2.75, 3.05) is 19.6 Å². The number of benzene rings is 1. The fourth-order valence-corrected chi connectivity index (χ4v) is 4.13. The molecule has 0 unspecified atom stereocenters. The lowest BCUT2D eigenvalue weighted by atomic mass is 10.0. The van der Waals surface area contributed by atoms with Crippen LogP contribution in [-0.4, -0.2) is 37.5 Å². The van der Waals surface area contributed by atoms with Gasteiger partial charge in [-0.25, -0.2) is 0 Å². The molecule has 118 valence electrons. The first-order chi connectivity index (χ1) is 9.90. The van der Waals surface area contributed by atoms with E-state index in [1.807, 2.05) is 6.92 Å². The molecule has 0 saturated carbocycles. The molecule has 0 aromatic heterocycles. The summed E-state index contributed by atoms with van der Waals surface area (Å²) in [5, 5.41) is 10.5. The largest absolute Gasteiger partial charge is 0.387 e. The van der Waals surface area contributed by atoms with Crippen LogP contribution in [0.3, 0.4) is 0 Å². The quantitative estimate of drug-likeness (QED) is 0.865. The van der Waals surface area contributed by atoms with E-state index in [2.05, 4.69) is 4.72 Å². The van der Waals surface area contributed by atoms with Crippen molar-refractivity contribution in [3.8, 4) is 0 Å². The molecule has 0 spiro atoms. The molecular formula is C14H21ClN2O3S. The molecule has 1 aromatic carbocycles. The highest BCUT2D eigenvalue weighted by molar-refractivity contribution is 7.87. The average molecular weight is 333 g/mol. The molecule has 1 heterocycles. The predicted octanol–water partition coefficient (Wildman–Crippen LogP) is 1.94. The first kappa shape index (κ1) is 16.7. The molecular weight excluding hydrogens is 312 g/mol. The molecule has 2 rings (SSSR count). The smallest absolute Gasteiger partial charge is 0.279 e. The lowest BCUT2D eigenvalue weighted by Gasteiger charge is -2.30. The Morgan fingerprint density at radius 1 is 1.48 bits per heavy atom. The van der Waals surface area contributed by atoms with Gasteiger partial charge in [0, 0.05) is 30.2 Å². The Hall–Kier alpha value is -0.660. The van der Waals surface area contributed by atoms with Gasteiger partial charge in [0.15, 0.2) is 0 Å². The second-order valence-electron chi connectivity index (χ2n) is 5.50. The SMILES string of the molecule is C[C@H]1CCCN(S(=O)(=O)NC[C@H](O)c2ccccc2Cl)C1. The van der Waals surface area contributed by atoms with Gasteiger partial charge < -0.3 is 5.11 Å². The molecule has 1 aromatic rings. The molecule has 0 amide bonds. The van der Waals surface area contributed by atoms with Crippen molar-refractivity contribution in [2.45, 2.75) is 25.9 Å². The molecule has 0 radical (unpaired) electrons. The van der Waals surface area contributed by atoms with Crippen LogP contribution >= 0.6 is 11.6 Å². The Balaban J connectivity index is 1.97. The molecule has 5 nitrogen and oxygen atoms in total. The maximum atomic E-state index is 12.2. The topological polar surface area (TPSA) is 69.6 Å². The van der Waals surface area contributed by atoms with Crippen LogP contribution in [0.25, 0.3) is 0 Å². The number of aliphatic hydroxyl groups is 1. The Morgan fingerprint density at radius 3 is 2.86 bits per heavy atom. The summed E-state index contributed by atoms with van der Waals surface area (Å²) < 4.78 is 28.4. The fourth-order valence-electron chi connectivity index (χ4n) is 2.50. The van der Waals surface area contributed by atoms with Crippen molar-refractivity contribution in [3.63, 3.8) is 0 Å². The number of hydrogen-bond acceptors (Lipinski definition) is 3. The van der Waals surface area contributed by atoms with E-state index in [-0.39, 0.29) is 6.54 Å². The lowest BCUT2D eigenvalue weighted by molar-refractivity contribution is 0.180. The molecule has 1 aliphatic rings. The van der Waals surface area contributed by atoms with E-state index < -0.39 is 16.3 Å². The van der Waals surface area contributed by atoms with Gasteiger partial charge in [0.05, 0.1) is 6.10 Å². The minimum Gasteiger partial charge on any atom is -0.387 e. The summed E-state index contributed by atoms with van der Waals surface area (Å²) in [4.78, 5) is 0. The number of hydrogen-bond donors (Lipinski definition) is 2. The van der Waals surface area contributed by atoms with Crippen LogP contribution < -0.4 is 4.72 Å². The van der Waals surface area contributed by atoms with E-state index >= 15 is 0 Å². The van der Waals surface area contributed by atoms with Gasteiger partial charge in [-0.2, -0.15) is 17.4 Å². The van der Waals surface area contributed by atoms with Crippen LogP contribution in [0.15, 0.2) is 24.3 Å². The van der Waals surface area contributed by atoms with Crippen molar-refractivity contribution >= 4 is 21.8 Å². The molecule has 0 aliphatic carbocycles. The van der Waals surface area contributed by atoms with Gasteiger partial charge in [-0.1, -0.05) is 36.7 Å². The molecule has 1 fully saturated rings. The van der Waals surface area contributed by atoms with Crippen molar-refractivity contribution in [1.29, 1.82) is 0 Å². The van der Waals surface area contributed by atoms with E-state index in [1.165, 1.54) is 4.31 Å². The summed E-state index contributed by atoms with van der Waals surface area (Å²) in [7, 11) is -3.55. The first-order valence-electron chi connectivity index (χ1n) is 7.07. The van der Waals surface area contributed by atoms with Crippen molar-refractivity contribution in [1.82, 2.24) is 9.03 Å². The van der Waals surface area contributed by atoms with Gasteiger partial charge in [-0.15, -0.1) is 0 Å². The third kappa shape index (κ3) is 4.40. The number of piperidine rings is 1. The molecule has 2 atom stereocenters. The molecule has 2 N–H and O–H groups in total. The Kier molecular flexibility index (Phi) is 5.62. The number of nitrogens with one attached hydrogen (secondary N) is 1. The molecule has 7 heteroatoms. The minimum atomic E-state index is -3.55. The third-order valence-corrected chi connectivity index (χ3v) is 5.57. The second-order valence-corrected chi connectivity index (χ2v) is 7.66. The number of halogens is 1. The zero-order valence-electron chi connectivity index (χ0n) is 12.0. The third-order valence-electron chi connectivity index (χ3n) is 3.68. The van der Waals surface area contributed by atoms with Crippen LogP contribution in [0.2, 0.25) is 5.02 Å². The maximum Gasteiger partial charge on any atom is 0.279 e. The molecule has 1 aliphatic heterocycles. The van der Waals surface area contributed by atoms with Gasteiger partial charge >= 0.3 is 0 Å². The fraction of sp³-hybridized carbons (Fsp3) is 0.571. The monoisotopic (exact) mass is 332 g/mol. The number of rotatable bonds is 5. The minimum absolute atomic E-state index is 0.0864. The summed E-state index contributed by atoms with van der Waals surface area (Å²) in [5.74, 6) is 0.365. The summed E-state index contributed by atoms with van der Waals surface area (Å²) in [6.07, 6.45) is 0.958. The van der Waals surface area contributed by atoms with E-state index in [1.54, 1.807) is 24.3 Å². The van der Waals surface area contributed by atoms with Crippen molar-refractivity contribution in [3.05, 3.63) is 34.9 Å². The average Bonchev–Trinajstić information content (AvgIpc) is 2.45. The van der Waals surface area contributed by atoms with E-state index in [9.17, 15) is 13.5 Å².